The zero-order valence-corrected chi connectivity index (χ0v) is 26.2. The summed E-state index contributed by atoms with van der Waals surface area (Å²) in [5, 5.41) is 7.98. The van der Waals surface area contributed by atoms with E-state index >= 15 is 0 Å². The minimum atomic E-state index is 0.463. The molecule has 0 saturated carbocycles. The van der Waals surface area contributed by atoms with Crippen LogP contribution in [0.3, 0.4) is 0 Å². The molecule has 0 spiro atoms. The first kappa shape index (κ1) is 34.8. The normalized spacial score (nSPS) is 11.3. The number of likely N-dealkylation sites (N-methyl/N-ethyl adjacent to an activating group) is 1. The highest BCUT2D eigenvalue weighted by Gasteiger charge is 2.07. The summed E-state index contributed by atoms with van der Waals surface area (Å²) < 4.78 is 5.78. The lowest BCUT2D eigenvalue weighted by atomic mass is 10.0. The van der Waals surface area contributed by atoms with Gasteiger partial charge in [-0.15, -0.1) is 12.6 Å². The molecular formula is C31H52N4OS. The van der Waals surface area contributed by atoms with E-state index in [9.17, 15) is 0 Å². The lowest BCUT2D eigenvalue weighted by Gasteiger charge is -2.16. The molecule has 0 aliphatic heterocycles. The molecule has 2 aromatic rings. The molecule has 0 fully saturated rings. The van der Waals surface area contributed by atoms with Gasteiger partial charge in [-0.25, -0.2) is 0 Å². The molecular weight excluding hydrogens is 476 g/mol. The number of benzene rings is 1. The monoisotopic (exact) mass is 528 g/mol. The number of hydrogen-bond donors (Lipinski definition) is 2. The third-order valence-electron chi connectivity index (χ3n) is 5.13. The van der Waals surface area contributed by atoms with Crippen molar-refractivity contribution < 1.29 is 4.74 Å². The molecule has 0 amide bonds. The van der Waals surface area contributed by atoms with Crippen LogP contribution in [0.25, 0.3) is 0 Å². The number of ether oxygens (including phenoxy) is 1. The van der Waals surface area contributed by atoms with Gasteiger partial charge in [-0.05, 0) is 87.9 Å². The number of aryl methyl sites for hydroxylation is 3. The Morgan fingerprint density at radius 1 is 1.03 bits per heavy atom. The standard InChI is InChI=1S/C17H27NOS.C9H13N3.C5H12/c1-6-8-17(20)19-16-12-13(3)15(11-14(16)4)9-10-18(5)7-2;1-3-4-8-5-12-9(6-11-8)7(2)10;1-5(2,3)4/h8,11-12,20H,6-7,9-10H2,1-5H3;5-6,10H,3-4H2,1-2H3;1-4H3/b17-8+;;. The third kappa shape index (κ3) is 17.0. The average molecular weight is 529 g/mol. The van der Waals surface area contributed by atoms with E-state index in [0.29, 0.717) is 21.9 Å². The predicted molar refractivity (Wildman–Crippen MR) is 164 cm³/mol. The maximum atomic E-state index is 7.31. The highest BCUT2D eigenvalue weighted by atomic mass is 32.1. The molecule has 2 rings (SSSR count). The van der Waals surface area contributed by atoms with Crippen LogP contribution in [0.4, 0.5) is 0 Å². The summed E-state index contributed by atoms with van der Waals surface area (Å²) in [6.45, 7) is 23.2. The van der Waals surface area contributed by atoms with E-state index in [-0.39, 0.29) is 0 Å². The molecule has 37 heavy (non-hydrogen) atoms. The first-order valence-corrected chi connectivity index (χ1v) is 13.9. The van der Waals surface area contributed by atoms with Crippen molar-refractivity contribution in [1.29, 1.82) is 5.41 Å². The number of thiol groups is 1. The molecule has 0 bridgehead atoms. The summed E-state index contributed by atoms with van der Waals surface area (Å²) in [6.07, 6.45) is 9.43. The van der Waals surface area contributed by atoms with Crippen LogP contribution in [0, 0.1) is 24.7 Å². The molecule has 5 nitrogen and oxygen atoms in total. The van der Waals surface area contributed by atoms with E-state index in [0.717, 1.165) is 50.2 Å². The lowest BCUT2D eigenvalue weighted by Crippen LogP contribution is -2.20. The second kappa shape index (κ2) is 18.1. The van der Waals surface area contributed by atoms with Crippen molar-refractivity contribution in [2.45, 2.75) is 94.9 Å². The largest absolute Gasteiger partial charge is 0.451 e. The molecule has 208 valence electrons. The lowest BCUT2D eigenvalue weighted by molar-refractivity contribution is 0.357. The van der Waals surface area contributed by atoms with Gasteiger partial charge in [0.25, 0.3) is 0 Å². The SMILES string of the molecule is CC(C)(C)C.CC/C=C(/S)Oc1cc(C)c(CCN(C)CC)cc1C.CCCc1cnc(C(C)=N)cn1. The van der Waals surface area contributed by atoms with E-state index in [1.54, 1.807) is 19.3 Å². The Kier molecular flexibility index (Phi) is 17.1. The molecule has 0 unspecified atom stereocenters. The van der Waals surface area contributed by atoms with Crippen molar-refractivity contribution >= 4 is 18.3 Å². The Balaban J connectivity index is 0.000000641. The molecule has 1 aromatic carbocycles. The smallest absolute Gasteiger partial charge is 0.153 e. The minimum Gasteiger partial charge on any atom is -0.451 e. The van der Waals surface area contributed by atoms with Crippen LogP contribution < -0.4 is 4.74 Å². The molecule has 6 heteroatoms. The van der Waals surface area contributed by atoms with Crippen LogP contribution >= 0.6 is 12.6 Å². The fourth-order valence-corrected chi connectivity index (χ4v) is 3.24. The van der Waals surface area contributed by atoms with Crippen molar-refractivity contribution in [3.63, 3.8) is 0 Å². The molecule has 1 heterocycles. The summed E-state index contributed by atoms with van der Waals surface area (Å²) in [5.41, 5.74) is 6.48. The fraction of sp³-hybridized carbons (Fsp3) is 0.581. The van der Waals surface area contributed by atoms with Gasteiger partial charge < -0.3 is 15.0 Å². The van der Waals surface area contributed by atoms with Crippen LogP contribution in [0.15, 0.2) is 35.7 Å². The van der Waals surface area contributed by atoms with Gasteiger partial charge in [-0.1, -0.05) is 61.0 Å². The Labute approximate surface area is 233 Å². The van der Waals surface area contributed by atoms with Crippen LogP contribution in [0.5, 0.6) is 5.75 Å². The van der Waals surface area contributed by atoms with Crippen LogP contribution in [-0.4, -0.2) is 40.7 Å². The number of rotatable bonds is 10. The summed E-state index contributed by atoms with van der Waals surface area (Å²) in [7, 11) is 2.16. The highest BCUT2D eigenvalue weighted by molar-refractivity contribution is 7.84. The molecule has 0 radical (unpaired) electrons. The highest BCUT2D eigenvalue weighted by Crippen LogP contribution is 2.26. The van der Waals surface area contributed by atoms with E-state index in [2.05, 4.69) is 109 Å². The quantitative estimate of drug-likeness (QED) is 0.185. The number of hydrogen-bond acceptors (Lipinski definition) is 6. The van der Waals surface area contributed by atoms with Crippen molar-refractivity contribution in [2.24, 2.45) is 5.41 Å². The first-order valence-electron chi connectivity index (χ1n) is 13.4. The second-order valence-corrected chi connectivity index (χ2v) is 11.5. The van der Waals surface area contributed by atoms with Gasteiger partial charge >= 0.3 is 0 Å². The Morgan fingerprint density at radius 3 is 2.11 bits per heavy atom. The first-order chi connectivity index (χ1) is 17.2. The average Bonchev–Trinajstić information content (AvgIpc) is 2.80. The Morgan fingerprint density at radius 2 is 1.65 bits per heavy atom. The van der Waals surface area contributed by atoms with Gasteiger partial charge in [0.05, 0.1) is 17.6 Å². The van der Waals surface area contributed by atoms with Gasteiger partial charge in [-0.3, -0.25) is 9.97 Å². The zero-order chi connectivity index (χ0) is 28.6. The summed E-state index contributed by atoms with van der Waals surface area (Å²) in [6, 6.07) is 4.36. The van der Waals surface area contributed by atoms with E-state index in [4.69, 9.17) is 10.1 Å². The van der Waals surface area contributed by atoms with Gasteiger partial charge in [-0.2, -0.15) is 0 Å². The van der Waals surface area contributed by atoms with Gasteiger partial charge in [0, 0.05) is 12.7 Å². The van der Waals surface area contributed by atoms with Gasteiger partial charge in [0.2, 0.25) is 0 Å². The molecule has 0 saturated heterocycles. The number of allylic oxidation sites excluding steroid dienone is 1. The molecule has 1 aromatic heterocycles. The summed E-state index contributed by atoms with van der Waals surface area (Å²) in [5.74, 6) is 0.907. The molecule has 1 N–H and O–H groups in total. The number of nitrogens with one attached hydrogen (secondary N) is 1. The molecule has 0 aliphatic rings. The van der Waals surface area contributed by atoms with Crippen molar-refractivity contribution in [3.05, 3.63) is 63.8 Å². The Hall–Kier alpha value is -2.18. The van der Waals surface area contributed by atoms with Crippen molar-refractivity contribution in [2.75, 3.05) is 20.1 Å². The molecule has 0 aliphatic carbocycles. The number of aromatic nitrogens is 2. The van der Waals surface area contributed by atoms with Gasteiger partial charge in [0.15, 0.2) is 5.09 Å². The van der Waals surface area contributed by atoms with Gasteiger partial charge in [0.1, 0.15) is 11.4 Å². The third-order valence-corrected chi connectivity index (χ3v) is 5.40. The maximum Gasteiger partial charge on any atom is 0.153 e. The van der Waals surface area contributed by atoms with Crippen LogP contribution in [-0.2, 0) is 12.8 Å². The van der Waals surface area contributed by atoms with Crippen molar-refractivity contribution in [3.8, 4) is 5.75 Å². The summed E-state index contributed by atoms with van der Waals surface area (Å²) in [4.78, 5) is 10.6. The van der Waals surface area contributed by atoms with Crippen molar-refractivity contribution in [1.82, 2.24) is 14.9 Å². The fourth-order valence-electron chi connectivity index (χ4n) is 2.96. The van der Waals surface area contributed by atoms with Crippen LogP contribution in [0.2, 0.25) is 0 Å². The Bertz CT molecular complexity index is 956. The molecule has 0 atom stereocenters. The zero-order valence-electron chi connectivity index (χ0n) is 25.3. The second-order valence-electron chi connectivity index (χ2n) is 11.0. The minimum absolute atomic E-state index is 0.463. The van der Waals surface area contributed by atoms with Crippen LogP contribution in [0.1, 0.15) is 96.3 Å². The number of nitrogens with zero attached hydrogens (tertiary/aromatic N) is 3. The van der Waals surface area contributed by atoms with E-state index < -0.39 is 0 Å². The topological polar surface area (TPSA) is 62.1 Å². The summed E-state index contributed by atoms with van der Waals surface area (Å²) >= 11 is 4.34. The maximum absolute atomic E-state index is 7.31. The van der Waals surface area contributed by atoms with E-state index in [1.807, 2.05) is 6.08 Å². The van der Waals surface area contributed by atoms with E-state index in [1.165, 1.54) is 16.7 Å². The predicted octanol–water partition coefficient (Wildman–Crippen LogP) is 8.23.